The molecule has 1 saturated carbocycles. The highest BCUT2D eigenvalue weighted by atomic mass is 16.5. The molecule has 31 heavy (non-hydrogen) atoms. The second kappa shape index (κ2) is 8.52. The van der Waals surface area contributed by atoms with Crippen LogP contribution in [0.3, 0.4) is 0 Å². The molecule has 4 aliphatic rings. The standard InChI is InChI=1S/C24H30N2O5/c27-22(10-12-26-23(28)17-5-1-2-6-18(17)24(26)29)25-11-3-7-19(25)16-8-9-20-21(15-16)31-14-4-13-30-20/h8-9,15,17-19H,1-7,10-14H2/t17-,18+,19-/m1/s1. The number of carbonyl (C=O) groups excluding carboxylic acids is 3. The molecule has 5 rings (SSSR count). The van der Waals surface area contributed by atoms with E-state index in [1.807, 2.05) is 23.1 Å². The Morgan fingerprint density at radius 3 is 2.35 bits per heavy atom. The summed E-state index contributed by atoms with van der Waals surface area (Å²) < 4.78 is 11.5. The molecule has 3 fully saturated rings. The van der Waals surface area contributed by atoms with Crippen LogP contribution in [0.25, 0.3) is 0 Å². The van der Waals surface area contributed by atoms with E-state index in [1.165, 1.54) is 4.90 Å². The first-order chi connectivity index (χ1) is 15.1. The molecule has 1 aromatic rings. The van der Waals surface area contributed by atoms with Gasteiger partial charge in [0.2, 0.25) is 17.7 Å². The van der Waals surface area contributed by atoms with E-state index in [9.17, 15) is 14.4 Å². The molecule has 0 N–H and O–H groups in total. The summed E-state index contributed by atoms with van der Waals surface area (Å²) in [6.45, 7) is 2.18. The van der Waals surface area contributed by atoms with Gasteiger partial charge in [-0.15, -0.1) is 0 Å². The van der Waals surface area contributed by atoms with Gasteiger partial charge in [0.1, 0.15) is 0 Å². The van der Waals surface area contributed by atoms with Crippen molar-refractivity contribution in [1.29, 1.82) is 0 Å². The molecule has 3 aliphatic heterocycles. The van der Waals surface area contributed by atoms with Crippen LogP contribution in [0.5, 0.6) is 11.5 Å². The number of benzene rings is 1. The summed E-state index contributed by atoms with van der Waals surface area (Å²) in [5.74, 6) is 1.06. The molecule has 0 radical (unpaired) electrons. The normalized spacial score (nSPS) is 27.9. The van der Waals surface area contributed by atoms with E-state index in [0.717, 1.165) is 62.0 Å². The Morgan fingerprint density at radius 2 is 1.61 bits per heavy atom. The molecule has 1 aromatic carbocycles. The Kier molecular flexibility index (Phi) is 5.59. The number of carbonyl (C=O) groups is 3. The summed E-state index contributed by atoms with van der Waals surface area (Å²) in [6.07, 6.45) is 6.52. The molecule has 0 aromatic heterocycles. The van der Waals surface area contributed by atoms with E-state index in [4.69, 9.17) is 9.47 Å². The van der Waals surface area contributed by atoms with Crippen LogP contribution in [0.15, 0.2) is 18.2 Å². The van der Waals surface area contributed by atoms with Gasteiger partial charge in [0, 0.05) is 25.9 Å². The summed E-state index contributed by atoms with van der Waals surface area (Å²) >= 11 is 0. The summed E-state index contributed by atoms with van der Waals surface area (Å²) in [6, 6.07) is 5.94. The third kappa shape index (κ3) is 3.79. The van der Waals surface area contributed by atoms with Crippen LogP contribution >= 0.6 is 0 Å². The van der Waals surface area contributed by atoms with Crippen LogP contribution in [-0.4, -0.2) is 53.8 Å². The Hall–Kier alpha value is -2.57. The monoisotopic (exact) mass is 426 g/mol. The van der Waals surface area contributed by atoms with Crippen LogP contribution in [0.4, 0.5) is 0 Å². The molecule has 166 valence electrons. The fraction of sp³-hybridized carbons (Fsp3) is 0.625. The maximum Gasteiger partial charge on any atom is 0.233 e. The maximum absolute atomic E-state index is 13.1. The van der Waals surface area contributed by atoms with E-state index in [0.29, 0.717) is 19.8 Å². The third-order valence-electron chi connectivity index (χ3n) is 7.21. The van der Waals surface area contributed by atoms with Gasteiger partial charge in [-0.1, -0.05) is 18.9 Å². The van der Waals surface area contributed by atoms with Crippen molar-refractivity contribution >= 4 is 17.7 Å². The van der Waals surface area contributed by atoms with Crippen LogP contribution in [0, 0.1) is 11.8 Å². The minimum Gasteiger partial charge on any atom is -0.490 e. The zero-order chi connectivity index (χ0) is 21.4. The lowest BCUT2D eigenvalue weighted by Gasteiger charge is -2.26. The third-order valence-corrected chi connectivity index (χ3v) is 7.21. The van der Waals surface area contributed by atoms with Gasteiger partial charge >= 0.3 is 0 Å². The molecule has 2 saturated heterocycles. The minimum atomic E-state index is -0.155. The molecular weight excluding hydrogens is 396 g/mol. The predicted octanol–water partition coefficient (Wildman–Crippen LogP) is 3.08. The number of nitrogens with zero attached hydrogens (tertiary/aromatic N) is 2. The van der Waals surface area contributed by atoms with E-state index in [-0.39, 0.29) is 48.6 Å². The highest BCUT2D eigenvalue weighted by Crippen LogP contribution is 2.40. The lowest BCUT2D eigenvalue weighted by molar-refractivity contribution is -0.141. The summed E-state index contributed by atoms with van der Waals surface area (Å²) in [4.78, 5) is 41.7. The number of ether oxygens (including phenoxy) is 2. The van der Waals surface area contributed by atoms with E-state index < -0.39 is 0 Å². The van der Waals surface area contributed by atoms with Gasteiger partial charge in [-0.05, 0) is 43.4 Å². The first-order valence-electron chi connectivity index (χ1n) is 11.7. The topological polar surface area (TPSA) is 76.2 Å². The fourth-order valence-electron chi connectivity index (χ4n) is 5.60. The number of hydrogen-bond donors (Lipinski definition) is 0. The van der Waals surface area contributed by atoms with Crippen molar-refractivity contribution < 1.29 is 23.9 Å². The molecule has 1 aliphatic carbocycles. The maximum atomic E-state index is 13.1. The molecule has 0 bridgehead atoms. The lowest BCUT2D eigenvalue weighted by Crippen LogP contribution is -2.37. The largest absolute Gasteiger partial charge is 0.490 e. The number of hydrogen-bond acceptors (Lipinski definition) is 5. The number of rotatable bonds is 4. The number of fused-ring (bicyclic) bond motifs is 2. The molecule has 3 amide bonds. The Labute approximate surface area is 182 Å². The second-order valence-corrected chi connectivity index (χ2v) is 9.08. The van der Waals surface area contributed by atoms with Crippen molar-refractivity contribution in [2.24, 2.45) is 11.8 Å². The molecule has 3 heterocycles. The molecule has 0 unspecified atom stereocenters. The van der Waals surface area contributed by atoms with Crippen molar-refractivity contribution in [3.63, 3.8) is 0 Å². The van der Waals surface area contributed by atoms with Crippen molar-refractivity contribution in [2.45, 2.75) is 57.4 Å². The molecule has 7 nitrogen and oxygen atoms in total. The molecular formula is C24H30N2O5. The van der Waals surface area contributed by atoms with Crippen LogP contribution in [0.1, 0.15) is 63.0 Å². The summed E-state index contributed by atoms with van der Waals surface area (Å²) in [5.41, 5.74) is 1.05. The number of imide groups is 1. The molecule has 3 atom stereocenters. The Morgan fingerprint density at radius 1 is 0.903 bits per heavy atom. The molecule has 7 heteroatoms. The Balaban J connectivity index is 1.25. The van der Waals surface area contributed by atoms with Crippen LogP contribution < -0.4 is 9.47 Å². The number of amides is 3. The van der Waals surface area contributed by atoms with Crippen LogP contribution in [0.2, 0.25) is 0 Å². The SMILES string of the molecule is O=C1[C@H]2CCCC[C@H]2C(=O)N1CCC(=O)N1CCC[C@@H]1c1ccc2c(c1)OCCCO2. The number of likely N-dealkylation sites (tertiary alicyclic amines) is 2. The van der Waals surface area contributed by atoms with Crippen LogP contribution in [-0.2, 0) is 14.4 Å². The van der Waals surface area contributed by atoms with Crippen molar-refractivity contribution in [3.05, 3.63) is 23.8 Å². The quantitative estimate of drug-likeness (QED) is 0.692. The van der Waals surface area contributed by atoms with Gasteiger partial charge in [-0.3, -0.25) is 19.3 Å². The van der Waals surface area contributed by atoms with Gasteiger partial charge in [-0.25, -0.2) is 0 Å². The van der Waals surface area contributed by atoms with E-state index >= 15 is 0 Å². The lowest BCUT2D eigenvalue weighted by atomic mass is 9.81. The summed E-state index contributed by atoms with van der Waals surface area (Å²) in [7, 11) is 0. The minimum absolute atomic E-state index is 0.00258. The zero-order valence-corrected chi connectivity index (χ0v) is 17.9. The smallest absolute Gasteiger partial charge is 0.233 e. The Bertz CT molecular complexity index is 861. The van der Waals surface area contributed by atoms with Gasteiger partial charge in [-0.2, -0.15) is 0 Å². The van der Waals surface area contributed by atoms with Gasteiger partial charge < -0.3 is 14.4 Å². The first-order valence-corrected chi connectivity index (χ1v) is 11.7. The van der Waals surface area contributed by atoms with E-state index in [2.05, 4.69) is 0 Å². The average Bonchev–Trinajstić information content (AvgIpc) is 3.28. The zero-order valence-electron chi connectivity index (χ0n) is 17.9. The van der Waals surface area contributed by atoms with Gasteiger partial charge in [0.15, 0.2) is 11.5 Å². The van der Waals surface area contributed by atoms with Gasteiger partial charge in [0.25, 0.3) is 0 Å². The highest BCUT2D eigenvalue weighted by molar-refractivity contribution is 6.05. The van der Waals surface area contributed by atoms with E-state index in [1.54, 1.807) is 0 Å². The highest BCUT2D eigenvalue weighted by Gasteiger charge is 2.48. The molecule has 0 spiro atoms. The average molecular weight is 427 g/mol. The van der Waals surface area contributed by atoms with Crippen molar-refractivity contribution in [3.8, 4) is 11.5 Å². The first kappa shape index (κ1) is 20.3. The van der Waals surface area contributed by atoms with Gasteiger partial charge in [0.05, 0.1) is 31.1 Å². The van der Waals surface area contributed by atoms with Crippen molar-refractivity contribution in [1.82, 2.24) is 9.80 Å². The van der Waals surface area contributed by atoms with Crippen molar-refractivity contribution in [2.75, 3.05) is 26.3 Å². The second-order valence-electron chi connectivity index (χ2n) is 9.08. The fourth-order valence-corrected chi connectivity index (χ4v) is 5.60. The predicted molar refractivity (Wildman–Crippen MR) is 113 cm³/mol. The summed E-state index contributed by atoms with van der Waals surface area (Å²) in [5, 5.41) is 0.